The number of nitrogens with zero attached hydrogens (tertiary/aromatic N) is 5. The monoisotopic (exact) mass is 367 g/mol. The van der Waals surface area contributed by atoms with Crippen LogP contribution in [-0.4, -0.2) is 91.9 Å². The van der Waals surface area contributed by atoms with Gasteiger partial charge in [-0.1, -0.05) is 0 Å². The minimum atomic E-state index is -2.88. The first-order chi connectivity index (χ1) is 11.8. The van der Waals surface area contributed by atoms with Crippen molar-refractivity contribution in [1.82, 2.24) is 19.8 Å². The van der Waals surface area contributed by atoms with Crippen molar-refractivity contribution in [1.29, 1.82) is 0 Å². The lowest BCUT2D eigenvalue weighted by molar-refractivity contribution is 0.0586. The zero-order chi connectivity index (χ0) is 18.2. The molecule has 25 heavy (non-hydrogen) atoms. The number of anilines is 1. The Hall–Kier alpha value is -1.74. The maximum absolute atomic E-state index is 12.8. The van der Waals surface area contributed by atoms with Gasteiger partial charge in [-0.2, -0.15) is 0 Å². The number of aryl methyl sites for hydroxylation is 1. The number of aromatic nitrogens is 2. The van der Waals surface area contributed by atoms with Crippen molar-refractivity contribution in [2.45, 2.75) is 19.4 Å². The number of hydrogen-bond donors (Lipinski definition) is 0. The smallest absolute Gasteiger partial charge is 0.257 e. The minimum absolute atomic E-state index is 0.0542. The Kier molecular flexibility index (Phi) is 4.97. The van der Waals surface area contributed by atoms with E-state index in [1.807, 2.05) is 21.0 Å². The molecule has 0 aromatic carbocycles. The average molecular weight is 367 g/mol. The third kappa shape index (κ3) is 3.92. The summed E-state index contributed by atoms with van der Waals surface area (Å²) in [6, 6.07) is 0.103. The highest BCUT2D eigenvalue weighted by atomic mass is 32.2. The van der Waals surface area contributed by atoms with Gasteiger partial charge in [0.15, 0.2) is 9.84 Å². The summed E-state index contributed by atoms with van der Waals surface area (Å²) in [5, 5.41) is 0. The molecule has 1 atom stereocenters. The number of carbonyl (C=O) groups is 1. The molecule has 0 aliphatic carbocycles. The highest BCUT2D eigenvalue weighted by Crippen LogP contribution is 2.20. The highest BCUT2D eigenvalue weighted by molar-refractivity contribution is 7.91. The molecule has 8 nitrogen and oxygen atoms in total. The Labute approximate surface area is 148 Å². The first-order valence-corrected chi connectivity index (χ1v) is 10.3. The van der Waals surface area contributed by atoms with E-state index in [0.29, 0.717) is 49.8 Å². The van der Waals surface area contributed by atoms with Crippen LogP contribution >= 0.6 is 0 Å². The van der Waals surface area contributed by atoms with E-state index in [1.165, 1.54) is 0 Å². The van der Waals surface area contributed by atoms with Crippen LogP contribution < -0.4 is 4.90 Å². The van der Waals surface area contributed by atoms with Crippen LogP contribution in [0.5, 0.6) is 0 Å². The summed E-state index contributed by atoms with van der Waals surface area (Å²) in [5.74, 6) is 1.06. The van der Waals surface area contributed by atoms with E-state index >= 15 is 0 Å². The highest BCUT2D eigenvalue weighted by Gasteiger charge is 2.34. The zero-order valence-electron chi connectivity index (χ0n) is 15.0. The van der Waals surface area contributed by atoms with Crippen molar-refractivity contribution in [2.24, 2.45) is 0 Å². The predicted molar refractivity (Wildman–Crippen MR) is 95.6 cm³/mol. The Balaban J connectivity index is 1.62. The van der Waals surface area contributed by atoms with Gasteiger partial charge in [0.2, 0.25) is 5.95 Å². The molecule has 1 aromatic rings. The topological polar surface area (TPSA) is 86.7 Å². The van der Waals surface area contributed by atoms with Crippen LogP contribution in [0.4, 0.5) is 5.95 Å². The molecule has 0 spiro atoms. The molecular weight excluding hydrogens is 342 g/mol. The molecule has 0 radical (unpaired) electrons. The first-order valence-electron chi connectivity index (χ1n) is 8.51. The molecular formula is C16H25N5O3S. The second-order valence-corrected chi connectivity index (χ2v) is 9.18. The van der Waals surface area contributed by atoms with Gasteiger partial charge in [-0.05, 0) is 13.3 Å². The molecule has 0 unspecified atom stereocenters. The van der Waals surface area contributed by atoms with Gasteiger partial charge in [-0.3, -0.25) is 9.69 Å². The predicted octanol–water partition coefficient (Wildman–Crippen LogP) is -0.204. The quantitative estimate of drug-likeness (QED) is 0.731. The van der Waals surface area contributed by atoms with Crippen LogP contribution in [0.25, 0.3) is 0 Å². The van der Waals surface area contributed by atoms with E-state index in [2.05, 4.69) is 14.9 Å². The summed E-state index contributed by atoms with van der Waals surface area (Å²) in [6.45, 7) is 4.44. The van der Waals surface area contributed by atoms with Gasteiger partial charge < -0.3 is 9.80 Å². The molecule has 2 fully saturated rings. The lowest BCUT2D eigenvalue weighted by atomic mass is 10.1. The van der Waals surface area contributed by atoms with E-state index in [4.69, 9.17) is 0 Å². The van der Waals surface area contributed by atoms with Gasteiger partial charge >= 0.3 is 0 Å². The fourth-order valence-corrected chi connectivity index (χ4v) is 5.17. The fourth-order valence-electron chi connectivity index (χ4n) is 3.40. The molecule has 9 heteroatoms. The third-order valence-corrected chi connectivity index (χ3v) is 6.67. The Morgan fingerprint density at radius 2 is 1.92 bits per heavy atom. The van der Waals surface area contributed by atoms with Crippen LogP contribution in [0, 0.1) is 6.92 Å². The van der Waals surface area contributed by atoms with Crippen molar-refractivity contribution in [3.05, 3.63) is 17.5 Å². The van der Waals surface area contributed by atoms with E-state index in [9.17, 15) is 13.2 Å². The maximum atomic E-state index is 12.8. The number of sulfone groups is 1. The molecule has 0 bridgehead atoms. The fraction of sp³-hybridized carbons (Fsp3) is 0.688. The summed E-state index contributed by atoms with van der Waals surface area (Å²) in [4.78, 5) is 27.2. The van der Waals surface area contributed by atoms with Crippen molar-refractivity contribution >= 4 is 21.7 Å². The van der Waals surface area contributed by atoms with Gasteiger partial charge in [0, 0.05) is 52.5 Å². The molecule has 0 N–H and O–H groups in total. The molecule has 3 rings (SSSR count). The second kappa shape index (κ2) is 6.87. The number of carbonyl (C=O) groups excluding carboxylic acids is 1. The van der Waals surface area contributed by atoms with E-state index in [-0.39, 0.29) is 23.5 Å². The Morgan fingerprint density at radius 1 is 1.24 bits per heavy atom. The van der Waals surface area contributed by atoms with Crippen LogP contribution in [-0.2, 0) is 9.84 Å². The van der Waals surface area contributed by atoms with Crippen molar-refractivity contribution in [2.75, 3.05) is 56.7 Å². The summed E-state index contributed by atoms with van der Waals surface area (Å²) in [6.07, 6.45) is 2.30. The van der Waals surface area contributed by atoms with E-state index in [0.717, 1.165) is 0 Å². The number of rotatable bonds is 3. The molecule has 1 amide bonds. The van der Waals surface area contributed by atoms with Gasteiger partial charge in [-0.25, -0.2) is 18.4 Å². The number of piperazine rings is 1. The van der Waals surface area contributed by atoms with Gasteiger partial charge in [0.05, 0.1) is 22.8 Å². The molecule has 1 aromatic heterocycles. The van der Waals surface area contributed by atoms with Crippen LogP contribution in [0.2, 0.25) is 0 Å². The molecule has 0 saturated carbocycles. The number of amides is 1. The lowest BCUT2D eigenvalue weighted by Gasteiger charge is -2.37. The molecule has 138 valence electrons. The van der Waals surface area contributed by atoms with Crippen LogP contribution in [0.3, 0.4) is 0 Å². The second-order valence-electron chi connectivity index (χ2n) is 6.95. The Morgan fingerprint density at radius 3 is 2.44 bits per heavy atom. The molecule has 2 aliphatic rings. The molecule has 2 saturated heterocycles. The van der Waals surface area contributed by atoms with Gasteiger partial charge in [-0.15, -0.1) is 0 Å². The molecule has 2 aliphatic heterocycles. The largest absolute Gasteiger partial charge is 0.347 e. The van der Waals surface area contributed by atoms with E-state index in [1.54, 1.807) is 16.0 Å². The zero-order valence-corrected chi connectivity index (χ0v) is 15.8. The first kappa shape index (κ1) is 18.1. The summed E-state index contributed by atoms with van der Waals surface area (Å²) in [5.41, 5.74) is 1.20. The van der Waals surface area contributed by atoms with Gasteiger partial charge in [0.25, 0.3) is 5.91 Å². The van der Waals surface area contributed by atoms with E-state index < -0.39 is 9.84 Å². The summed E-state index contributed by atoms with van der Waals surface area (Å²) < 4.78 is 23.3. The SMILES string of the molecule is Cc1nc(N(C)C)ncc1C(=O)N1CCN([C@@H]2CCS(=O)(=O)C2)CC1. The minimum Gasteiger partial charge on any atom is -0.347 e. The number of hydrogen-bond acceptors (Lipinski definition) is 7. The lowest BCUT2D eigenvalue weighted by Crippen LogP contribution is -2.52. The van der Waals surface area contributed by atoms with Crippen molar-refractivity contribution < 1.29 is 13.2 Å². The summed E-state index contributed by atoms with van der Waals surface area (Å²) in [7, 11) is 0.843. The van der Waals surface area contributed by atoms with Crippen LogP contribution in [0.15, 0.2) is 6.20 Å². The normalized spacial score (nSPS) is 23.6. The average Bonchev–Trinajstić information content (AvgIpc) is 2.94. The van der Waals surface area contributed by atoms with Crippen molar-refractivity contribution in [3.63, 3.8) is 0 Å². The van der Waals surface area contributed by atoms with Gasteiger partial charge in [0.1, 0.15) is 0 Å². The van der Waals surface area contributed by atoms with Crippen LogP contribution in [0.1, 0.15) is 22.5 Å². The van der Waals surface area contributed by atoms with Crippen molar-refractivity contribution in [3.8, 4) is 0 Å². The molecule has 3 heterocycles. The standard InChI is InChI=1S/C16H25N5O3S/c1-12-14(10-17-16(18-12)19(2)3)15(22)21-7-5-20(6-8-21)13-4-9-25(23,24)11-13/h10,13H,4-9,11H2,1-3H3/t13-/m1/s1. The third-order valence-electron chi connectivity index (χ3n) is 4.92. The Bertz CT molecular complexity index is 757. The maximum Gasteiger partial charge on any atom is 0.257 e. The summed E-state index contributed by atoms with van der Waals surface area (Å²) >= 11 is 0.